The molecule has 0 spiro atoms. The van der Waals surface area contributed by atoms with Crippen LogP contribution in [0.1, 0.15) is 0 Å². The molecular weight excluding hydrogens is 184 g/mol. The van der Waals surface area contributed by atoms with Gasteiger partial charge in [0.2, 0.25) is 5.76 Å². The highest BCUT2D eigenvalue weighted by molar-refractivity contribution is 5.73. The van der Waals surface area contributed by atoms with E-state index in [0.29, 0.717) is 17.2 Å². The van der Waals surface area contributed by atoms with E-state index >= 15 is 0 Å². The molecule has 0 aliphatic heterocycles. The number of hydrogen-bond donors (Lipinski definition) is 1. The number of imidazole rings is 1. The predicted octanol–water partition coefficient (Wildman–Crippen LogP) is 0.403. The Morgan fingerprint density at radius 1 is 1.29 bits per heavy atom. The Morgan fingerprint density at radius 2 is 2.29 bits per heavy atom. The Hall–Kier alpha value is -2.31. The van der Waals surface area contributed by atoms with Gasteiger partial charge < -0.3 is 9.51 Å². The van der Waals surface area contributed by atoms with Crippen LogP contribution >= 0.6 is 0 Å². The number of hydrogen-bond acceptors (Lipinski definition) is 6. The summed E-state index contributed by atoms with van der Waals surface area (Å²) in [7, 11) is 0. The van der Waals surface area contributed by atoms with E-state index in [9.17, 15) is 0 Å². The fourth-order valence-corrected chi connectivity index (χ4v) is 1.15. The van der Waals surface area contributed by atoms with E-state index < -0.39 is 0 Å². The molecule has 0 aliphatic carbocycles. The van der Waals surface area contributed by atoms with Crippen molar-refractivity contribution < 1.29 is 4.52 Å². The van der Waals surface area contributed by atoms with E-state index in [1.54, 1.807) is 6.20 Å². The third kappa shape index (κ3) is 0.954. The van der Waals surface area contributed by atoms with Crippen LogP contribution in [0.4, 0.5) is 0 Å². The van der Waals surface area contributed by atoms with Crippen molar-refractivity contribution in [1.82, 2.24) is 30.3 Å². The van der Waals surface area contributed by atoms with E-state index in [-0.39, 0.29) is 0 Å². The van der Waals surface area contributed by atoms with Gasteiger partial charge in [-0.25, -0.2) is 15.0 Å². The molecule has 0 radical (unpaired) electrons. The third-order valence-electron chi connectivity index (χ3n) is 1.76. The molecule has 68 valence electrons. The molecule has 3 aromatic heterocycles. The van der Waals surface area contributed by atoms with Gasteiger partial charge in [-0.1, -0.05) is 0 Å². The molecule has 0 atom stereocenters. The zero-order valence-corrected chi connectivity index (χ0v) is 6.88. The van der Waals surface area contributed by atoms with Gasteiger partial charge in [0.05, 0.1) is 6.20 Å². The predicted molar refractivity (Wildman–Crippen MR) is 45.0 cm³/mol. The van der Waals surface area contributed by atoms with Gasteiger partial charge in [0.15, 0.2) is 11.5 Å². The lowest BCUT2D eigenvalue weighted by Crippen LogP contribution is -1.76. The van der Waals surface area contributed by atoms with E-state index in [2.05, 4.69) is 30.3 Å². The Labute approximate surface area is 77.2 Å². The molecule has 7 heteroatoms. The first kappa shape index (κ1) is 7.13. The molecule has 7 nitrogen and oxygen atoms in total. The minimum atomic E-state index is 0.475. The maximum Gasteiger partial charge on any atom is 0.222 e. The molecule has 3 aromatic rings. The second kappa shape index (κ2) is 2.59. The monoisotopic (exact) mass is 188 g/mol. The first-order valence-electron chi connectivity index (χ1n) is 3.87. The molecule has 3 rings (SSSR count). The number of aromatic amines is 1. The van der Waals surface area contributed by atoms with Crippen LogP contribution in [-0.4, -0.2) is 30.3 Å². The standard InChI is InChI=1S/C7H4N6O/c1-4-6(9-3-8-1)12-7(11-4)5-2-10-13-14-5/h1-3H,(H,8,9,11,12). The van der Waals surface area contributed by atoms with Crippen molar-refractivity contribution in [2.75, 3.05) is 0 Å². The van der Waals surface area contributed by atoms with Crippen molar-refractivity contribution in [3.05, 3.63) is 18.7 Å². The number of fused-ring (bicyclic) bond motifs is 1. The van der Waals surface area contributed by atoms with Crippen LogP contribution in [0.15, 0.2) is 23.2 Å². The average Bonchev–Trinajstić information content (AvgIpc) is 2.86. The van der Waals surface area contributed by atoms with Crippen LogP contribution in [0.3, 0.4) is 0 Å². The summed E-state index contributed by atoms with van der Waals surface area (Å²) in [5, 5.41) is 6.90. The molecule has 0 amide bonds. The minimum Gasteiger partial charge on any atom is -0.334 e. The summed E-state index contributed by atoms with van der Waals surface area (Å²) in [5.41, 5.74) is 1.34. The Balaban J connectivity index is 2.24. The topological polar surface area (TPSA) is 93.4 Å². The smallest absolute Gasteiger partial charge is 0.222 e. The lowest BCUT2D eigenvalue weighted by molar-refractivity contribution is 0.402. The lowest BCUT2D eigenvalue weighted by Gasteiger charge is -1.82. The number of nitrogens with one attached hydrogen (secondary N) is 1. The van der Waals surface area contributed by atoms with Crippen molar-refractivity contribution in [2.45, 2.75) is 0 Å². The molecule has 0 saturated heterocycles. The zero-order chi connectivity index (χ0) is 9.38. The maximum atomic E-state index is 4.85. The van der Waals surface area contributed by atoms with Gasteiger partial charge in [-0.05, 0) is 0 Å². The third-order valence-corrected chi connectivity index (χ3v) is 1.76. The SMILES string of the molecule is c1ncc2[nH]c(-c3cnno3)nc2n1. The minimum absolute atomic E-state index is 0.475. The summed E-state index contributed by atoms with van der Waals surface area (Å²) in [4.78, 5) is 15.0. The van der Waals surface area contributed by atoms with Crippen LogP contribution in [-0.2, 0) is 0 Å². The molecule has 0 unspecified atom stereocenters. The zero-order valence-electron chi connectivity index (χ0n) is 6.88. The summed E-state index contributed by atoms with van der Waals surface area (Å²) < 4.78 is 4.85. The number of nitrogens with zero attached hydrogens (tertiary/aromatic N) is 5. The Bertz CT molecular complexity index is 523. The van der Waals surface area contributed by atoms with Gasteiger partial charge in [0.1, 0.15) is 18.0 Å². The molecule has 0 saturated carbocycles. The number of rotatable bonds is 1. The lowest BCUT2D eigenvalue weighted by atomic mass is 10.5. The molecule has 0 bridgehead atoms. The summed E-state index contributed by atoms with van der Waals surface area (Å²) in [5.74, 6) is 1.02. The fraction of sp³-hybridized carbons (Fsp3) is 0. The van der Waals surface area contributed by atoms with Crippen molar-refractivity contribution in [3.63, 3.8) is 0 Å². The second-order valence-corrected chi connectivity index (χ2v) is 2.63. The summed E-state index contributed by atoms with van der Waals surface area (Å²) in [6, 6.07) is 0. The van der Waals surface area contributed by atoms with Crippen LogP contribution in [0.5, 0.6) is 0 Å². The second-order valence-electron chi connectivity index (χ2n) is 2.63. The average molecular weight is 188 g/mol. The van der Waals surface area contributed by atoms with E-state index in [1.165, 1.54) is 12.5 Å². The van der Waals surface area contributed by atoms with Crippen LogP contribution in [0, 0.1) is 0 Å². The van der Waals surface area contributed by atoms with Crippen LogP contribution in [0.2, 0.25) is 0 Å². The molecule has 0 aliphatic rings. The highest BCUT2D eigenvalue weighted by Crippen LogP contribution is 2.16. The molecule has 14 heavy (non-hydrogen) atoms. The highest BCUT2D eigenvalue weighted by atomic mass is 16.5. The van der Waals surface area contributed by atoms with Crippen molar-refractivity contribution >= 4 is 11.2 Å². The fourth-order valence-electron chi connectivity index (χ4n) is 1.15. The Morgan fingerprint density at radius 3 is 3.07 bits per heavy atom. The highest BCUT2D eigenvalue weighted by Gasteiger charge is 2.09. The molecular formula is C7H4N6O. The first-order valence-corrected chi connectivity index (χ1v) is 3.87. The van der Waals surface area contributed by atoms with Crippen molar-refractivity contribution in [3.8, 4) is 11.6 Å². The van der Waals surface area contributed by atoms with Crippen molar-refractivity contribution in [1.29, 1.82) is 0 Å². The van der Waals surface area contributed by atoms with Gasteiger partial charge >= 0.3 is 0 Å². The van der Waals surface area contributed by atoms with Gasteiger partial charge in [0, 0.05) is 5.27 Å². The quantitative estimate of drug-likeness (QED) is 0.594. The number of aromatic nitrogens is 6. The normalized spacial score (nSPS) is 10.9. The van der Waals surface area contributed by atoms with E-state index in [1.807, 2.05) is 0 Å². The van der Waals surface area contributed by atoms with Gasteiger partial charge in [-0.3, -0.25) is 0 Å². The maximum absolute atomic E-state index is 4.85. The van der Waals surface area contributed by atoms with Gasteiger partial charge in [-0.2, -0.15) is 0 Å². The molecule has 0 aromatic carbocycles. The first-order chi connectivity index (χ1) is 6.93. The molecule has 3 heterocycles. The van der Waals surface area contributed by atoms with E-state index in [4.69, 9.17) is 4.52 Å². The number of H-pyrrole nitrogens is 1. The largest absolute Gasteiger partial charge is 0.334 e. The Kier molecular flexibility index (Phi) is 1.32. The van der Waals surface area contributed by atoms with E-state index in [0.717, 1.165) is 5.52 Å². The molecule has 0 fully saturated rings. The van der Waals surface area contributed by atoms with Crippen LogP contribution < -0.4 is 0 Å². The van der Waals surface area contributed by atoms with Crippen molar-refractivity contribution in [2.24, 2.45) is 0 Å². The summed E-state index contributed by atoms with van der Waals surface area (Å²) in [6.45, 7) is 0. The van der Waals surface area contributed by atoms with Gasteiger partial charge in [0.25, 0.3) is 0 Å². The van der Waals surface area contributed by atoms with Crippen LogP contribution in [0.25, 0.3) is 22.7 Å². The summed E-state index contributed by atoms with van der Waals surface area (Å²) in [6.07, 6.45) is 4.55. The molecule has 1 N–H and O–H groups in total. The summed E-state index contributed by atoms with van der Waals surface area (Å²) >= 11 is 0. The van der Waals surface area contributed by atoms with Gasteiger partial charge in [-0.15, -0.1) is 5.10 Å².